The fourth-order valence-electron chi connectivity index (χ4n) is 3.39. The molecule has 3 aromatic rings. The number of rotatable bonds is 7. The van der Waals surface area contributed by atoms with E-state index >= 15 is 0 Å². The second-order valence-electron chi connectivity index (χ2n) is 6.45. The molecule has 1 heterocycles. The molecule has 0 bridgehead atoms. The Kier molecular flexibility index (Phi) is 6.62. The first kappa shape index (κ1) is 22.6. The van der Waals surface area contributed by atoms with Gasteiger partial charge >= 0.3 is 6.09 Å². The maximum atomic E-state index is 13.0. The van der Waals surface area contributed by atoms with Crippen LogP contribution in [0, 0.1) is 0 Å². The van der Waals surface area contributed by atoms with E-state index in [1.807, 2.05) is 0 Å². The second kappa shape index (κ2) is 9.38. The molecule has 0 unspecified atom stereocenters. The number of methoxy groups -OCH3 is 6. The van der Waals surface area contributed by atoms with Gasteiger partial charge in [0.1, 0.15) is 5.75 Å². The van der Waals surface area contributed by atoms with Crippen LogP contribution in [0.3, 0.4) is 0 Å². The van der Waals surface area contributed by atoms with Crippen molar-refractivity contribution in [3.63, 3.8) is 0 Å². The van der Waals surface area contributed by atoms with E-state index in [0.29, 0.717) is 39.9 Å². The van der Waals surface area contributed by atoms with Crippen LogP contribution in [0.5, 0.6) is 28.7 Å². The van der Waals surface area contributed by atoms with Crippen LogP contribution < -0.4 is 29.2 Å². The topological polar surface area (TPSA) is 110 Å². The van der Waals surface area contributed by atoms with Crippen molar-refractivity contribution in [1.82, 2.24) is 9.78 Å². The fourth-order valence-corrected chi connectivity index (χ4v) is 3.39. The average molecular weight is 444 g/mol. The Morgan fingerprint density at radius 1 is 0.750 bits per heavy atom. The van der Waals surface area contributed by atoms with Crippen LogP contribution in [0.15, 0.2) is 35.1 Å². The SMILES string of the molecule is COC(=O)n1[nH]c(=O)c(-c2ccc(OC)c(OC)c2)c1-c1cc(OC)c(OC)cc1OC. The van der Waals surface area contributed by atoms with Crippen molar-refractivity contribution < 1.29 is 33.2 Å². The highest BCUT2D eigenvalue weighted by Crippen LogP contribution is 2.43. The number of nitrogens with one attached hydrogen (secondary N) is 1. The molecule has 10 heteroatoms. The van der Waals surface area contributed by atoms with E-state index in [0.717, 1.165) is 4.68 Å². The summed E-state index contributed by atoms with van der Waals surface area (Å²) in [4.78, 5) is 25.6. The number of aromatic nitrogens is 2. The van der Waals surface area contributed by atoms with Crippen molar-refractivity contribution in [2.24, 2.45) is 0 Å². The van der Waals surface area contributed by atoms with Gasteiger partial charge in [0.05, 0.1) is 53.9 Å². The molecule has 0 amide bonds. The minimum atomic E-state index is -0.791. The average Bonchev–Trinajstić information content (AvgIpc) is 3.18. The number of benzene rings is 2. The van der Waals surface area contributed by atoms with Gasteiger partial charge in [-0.15, -0.1) is 0 Å². The lowest BCUT2D eigenvalue weighted by atomic mass is 9.99. The molecule has 170 valence electrons. The van der Waals surface area contributed by atoms with Gasteiger partial charge in [0.2, 0.25) is 0 Å². The van der Waals surface area contributed by atoms with Crippen LogP contribution in [0.4, 0.5) is 4.79 Å². The highest BCUT2D eigenvalue weighted by molar-refractivity contribution is 5.90. The largest absolute Gasteiger partial charge is 0.496 e. The molecule has 0 aliphatic rings. The zero-order valence-electron chi connectivity index (χ0n) is 18.6. The number of hydrogen-bond acceptors (Lipinski definition) is 8. The Labute approximate surface area is 184 Å². The fraction of sp³-hybridized carbons (Fsp3) is 0.273. The van der Waals surface area contributed by atoms with Gasteiger partial charge in [-0.1, -0.05) is 6.07 Å². The van der Waals surface area contributed by atoms with E-state index in [1.165, 1.54) is 42.7 Å². The van der Waals surface area contributed by atoms with E-state index in [1.54, 1.807) is 30.3 Å². The van der Waals surface area contributed by atoms with Crippen molar-refractivity contribution in [3.8, 4) is 51.1 Å². The minimum Gasteiger partial charge on any atom is -0.496 e. The van der Waals surface area contributed by atoms with Gasteiger partial charge in [-0.25, -0.2) is 4.79 Å². The highest BCUT2D eigenvalue weighted by Gasteiger charge is 2.27. The number of nitrogens with zero attached hydrogens (tertiary/aromatic N) is 1. The summed E-state index contributed by atoms with van der Waals surface area (Å²) in [6, 6.07) is 8.21. The summed E-state index contributed by atoms with van der Waals surface area (Å²) in [5.74, 6) is 2.06. The molecule has 0 fully saturated rings. The van der Waals surface area contributed by atoms with Crippen molar-refractivity contribution in [3.05, 3.63) is 40.7 Å². The molecular formula is C22H24N2O8. The lowest BCUT2D eigenvalue weighted by molar-refractivity contribution is 0.169. The van der Waals surface area contributed by atoms with Crippen LogP contribution >= 0.6 is 0 Å². The maximum absolute atomic E-state index is 13.0. The summed E-state index contributed by atoms with van der Waals surface area (Å²) in [6.07, 6.45) is -0.791. The third-order valence-electron chi connectivity index (χ3n) is 4.89. The number of ether oxygens (including phenoxy) is 6. The predicted molar refractivity (Wildman–Crippen MR) is 116 cm³/mol. The van der Waals surface area contributed by atoms with Crippen LogP contribution in [0.2, 0.25) is 0 Å². The molecule has 1 N–H and O–H groups in total. The molecule has 3 rings (SSSR count). The normalized spacial score (nSPS) is 10.4. The summed E-state index contributed by atoms with van der Waals surface area (Å²) >= 11 is 0. The predicted octanol–water partition coefficient (Wildman–Crippen LogP) is 3.17. The lowest BCUT2D eigenvalue weighted by Crippen LogP contribution is -2.16. The first-order valence-corrected chi connectivity index (χ1v) is 9.40. The third kappa shape index (κ3) is 3.82. The molecule has 0 saturated carbocycles. The molecule has 0 aliphatic carbocycles. The van der Waals surface area contributed by atoms with E-state index in [4.69, 9.17) is 28.4 Å². The molecule has 0 aliphatic heterocycles. The van der Waals surface area contributed by atoms with E-state index in [2.05, 4.69) is 5.10 Å². The zero-order chi connectivity index (χ0) is 23.4. The summed E-state index contributed by atoms with van der Waals surface area (Å²) in [7, 11) is 8.66. The van der Waals surface area contributed by atoms with Crippen LogP contribution in [-0.2, 0) is 4.74 Å². The van der Waals surface area contributed by atoms with Crippen LogP contribution in [0.25, 0.3) is 22.4 Å². The van der Waals surface area contributed by atoms with Gasteiger partial charge < -0.3 is 28.4 Å². The van der Waals surface area contributed by atoms with Crippen molar-refractivity contribution in [2.45, 2.75) is 0 Å². The van der Waals surface area contributed by atoms with Gasteiger partial charge in [0, 0.05) is 11.6 Å². The third-order valence-corrected chi connectivity index (χ3v) is 4.89. The van der Waals surface area contributed by atoms with E-state index in [9.17, 15) is 9.59 Å². The quantitative estimate of drug-likeness (QED) is 0.592. The van der Waals surface area contributed by atoms with Crippen LogP contribution in [0.1, 0.15) is 0 Å². The Morgan fingerprint density at radius 3 is 1.88 bits per heavy atom. The Morgan fingerprint density at radius 2 is 1.31 bits per heavy atom. The Bertz CT molecular complexity index is 1200. The number of carbonyl (C=O) groups is 1. The molecular weight excluding hydrogens is 420 g/mol. The van der Waals surface area contributed by atoms with Crippen molar-refractivity contribution in [1.29, 1.82) is 0 Å². The maximum Gasteiger partial charge on any atom is 0.433 e. The number of H-pyrrole nitrogens is 1. The first-order valence-electron chi connectivity index (χ1n) is 9.40. The number of hydrogen-bond donors (Lipinski definition) is 1. The molecule has 1 aromatic heterocycles. The molecule has 0 radical (unpaired) electrons. The van der Waals surface area contributed by atoms with Gasteiger partial charge in [0.15, 0.2) is 23.0 Å². The van der Waals surface area contributed by atoms with Crippen molar-refractivity contribution in [2.75, 3.05) is 42.7 Å². The molecule has 0 spiro atoms. The highest BCUT2D eigenvalue weighted by atomic mass is 16.5. The van der Waals surface area contributed by atoms with Crippen molar-refractivity contribution >= 4 is 6.09 Å². The van der Waals surface area contributed by atoms with Gasteiger partial charge in [-0.3, -0.25) is 9.89 Å². The molecule has 0 saturated heterocycles. The van der Waals surface area contributed by atoms with Gasteiger partial charge in [0.25, 0.3) is 5.56 Å². The molecule has 10 nitrogen and oxygen atoms in total. The molecule has 32 heavy (non-hydrogen) atoms. The number of aromatic amines is 1. The number of carbonyl (C=O) groups excluding carboxylic acids is 1. The Hall–Kier alpha value is -4.08. The molecule has 2 aromatic carbocycles. The van der Waals surface area contributed by atoms with Crippen LogP contribution in [-0.4, -0.2) is 58.5 Å². The molecule has 0 atom stereocenters. The zero-order valence-corrected chi connectivity index (χ0v) is 18.6. The Balaban J connectivity index is 2.41. The van der Waals surface area contributed by atoms with E-state index < -0.39 is 11.7 Å². The summed E-state index contributed by atoms with van der Waals surface area (Å²) < 4.78 is 32.8. The van der Waals surface area contributed by atoms with E-state index in [-0.39, 0.29) is 11.3 Å². The van der Waals surface area contributed by atoms with Gasteiger partial charge in [-0.2, -0.15) is 4.68 Å². The second-order valence-corrected chi connectivity index (χ2v) is 6.45. The smallest absolute Gasteiger partial charge is 0.433 e. The lowest BCUT2D eigenvalue weighted by Gasteiger charge is -2.16. The first-order chi connectivity index (χ1) is 15.4. The summed E-state index contributed by atoms with van der Waals surface area (Å²) in [6.45, 7) is 0. The van der Waals surface area contributed by atoms with Gasteiger partial charge in [-0.05, 0) is 23.8 Å². The standard InChI is InChI=1S/C22H24N2O8/c1-27-14-8-7-12(9-16(14)29-3)19-20(24(22(26)32-6)23-21(19)25)13-10-17(30-4)18(31-5)11-15(13)28-2/h7-11H,1-6H3,(H,23,25). The minimum absolute atomic E-state index is 0.196. The summed E-state index contributed by atoms with van der Waals surface area (Å²) in [5, 5.41) is 2.53. The monoisotopic (exact) mass is 444 g/mol. The summed E-state index contributed by atoms with van der Waals surface area (Å²) in [5.41, 5.74) is 0.778.